The molecule has 0 saturated carbocycles. The zero-order valence-electron chi connectivity index (χ0n) is 15.3. The van der Waals surface area contributed by atoms with Gasteiger partial charge in [-0.2, -0.15) is 0 Å². The number of aromatic nitrogens is 3. The summed E-state index contributed by atoms with van der Waals surface area (Å²) in [5, 5.41) is 24.6. The number of benzene rings is 2. The third-order valence-corrected chi connectivity index (χ3v) is 5.17. The predicted molar refractivity (Wildman–Crippen MR) is 109 cm³/mol. The maximum absolute atomic E-state index is 12.6. The molecule has 0 aliphatic carbocycles. The number of hydrogen-bond donors (Lipinski definition) is 1. The number of carbonyl (C=O) groups is 2. The fraction of sp³-hybridized carbons (Fsp3) is 0.0556. The Morgan fingerprint density at radius 1 is 1.00 bits per heavy atom. The molecule has 0 fully saturated rings. The molecule has 0 spiro atoms. The van der Waals surface area contributed by atoms with E-state index in [0.717, 1.165) is 17.5 Å². The number of ketones is 1. The first kappa shape index (κ1) is 19.9. The minimum absolute atomic E-state index is 0.0273. The molecule has 0 bridgehead atoms. The zero-order chi connectivity index (χ0) is 22.1. The SMILES string of the molecule is O=C(Nc1nc2ccc([N+](=O)[O-])cc2s1)C(=O)[C@@H](c1cnc2ccccc2n1)[N+](=O)[O-]. The summed E-state index contributed by atoms with van der Waals surface area (Å²) in [7, 11) is 0. The Morgan fingerprint density at radius 3 is 2.45 bits per heavy atom. The number of nitro benzene ring substituents is 1. The van der Waals surface area contributed by atoms with Crippen molar-refractivity contribution in [2.45, 2.75) is 6.04 Å². The number of amides is 1. The summed E-state index contributed by atoms with van der Waals surface area (Å²) in [6.45, 7) is 0. The van der Waals surface area contributed by atoms with E-state index in [-0.39, 0.29) is 16.5 Å². The van der Waals surface area contributed by atoms with Crippen molar-refractivity contribution < 1.29 is 19.4 Å². The number of nitrogens with zero attached hydrogens (tertiary/aromatic N) is 5. The summed E-state index contributed by atoms with van der Waals surface area (Å²) < 4.78 is 0.406. The number of nitrogens with one attached hydrogen (secondary N) is 1. The number of anilines is 1. The van der Waals surface area contributed by atoms with Crippen molar-refractivity contribution in [3.8, 4) is 0 Å². The second-order valence-corrected chi connectivity index (χ2v) is 7.25. The lowest BCUT2D eigenvalue weighted by atomic mass is 10.1. The number of fused-ring (bicyclic) bond motifs is 2. The van der Waals surface area contributed by atoms with E-state index in [1.165, 1.54) is 18.2 Å². The molecule has 0 radical (unpaired) electrons. The van der Waals surface area contributed by atoms with Crippen LogP contribution in [0.25, 0.3) is 21.3 Å². The zero-order valence-corrected chi connectivity index (χ0v) is 16.1. The van der Waals surface area contributed by atoms with Crippen LogP contribution in [0.1, 0.15) is 11.7 Å². The normalized spacial score (nSPS) is 11.9. The van der Waals surface area contributed by atoms with Gasteiger partial charge in [0, 0.05) is 17.1 Å². The second-order valence-electron chi connectivity index (χ2n) is 6.22. The van der Waals surface area contributed by atoms with Crippen LogP contribution < -0.4 is 5.32 Å². The van der Waals surface area contributed by atoms with E-state index in [1.54, 1.807) is 24.3 Å². The monoisotopic (exact) mass is 438 g/mol. The van der Waals surface area contributed by atoms with E-state index in [1.807, 2.05) is 0 Å². The van der Waals surface area contributed by atoms with Crippen LogP contribution >= 0.6 is 11.3 Å². The Kier molecular flexibility index (Phi) is 5.00. The van der Waals surface area contributed by atoms with Gasteiger partial charge in [-0.1, -0.05) is 23.5 Å². The molecule has 2 aromatic heterocycles. The summed E-state index contributed by atoms with van der Waals surface area (Å²) in [4.78, 5) is 58.1. The molecular weight excluding hydrogens is 428 g/mol. The molecule has 4 rings (SSSR count). The molecule has 12 nitrogen and oxygen atoms in total. The highest BCUT2D eigenvalue weighted by Crippen LogP contribution is 2.29. The van der Waals surface area contributed by atoms with Gasteiger partial charge in [0.05, 0.1) is 32.4 Å². The van der Waals surface area contributed by atoms with Crippen molar-refractivity contribution in [3.63, 3.8) is 0 Å². The van der Waals surface area contributed by atoms with Crippen molar-refractivity contribution in [2.75, 3.05) is 5.32 Å². The van der Waals surface area contributed by atoms with Crippen LogP contribution in [0.3, 0.4) is 0 Å². The van der Waals surface area contributed by atoms with Crippen molar-refractivity contribution >= 4 is 55.1 Å². The van der Waals surface area contributed by atoms with Crippen molar-refractivity contribution in [1.82, 2.24) is 15.0 Å². The van der Waals surface area contributed by atoms with E-state index >= 15 is 0 Å². The van der Waals surface area contributed by atoms with Gasteiger partial charge in [0.2, 0.25) is 0 Å². The molecule has 0 aliphatic heterocycles. The minimum atomic E-state index is -2.05. The Morgan fingerprint density at radius 2 is 1.74 bits per heavy atom. The summed E-state index contributed by atoms with van der Waals surface area (Å²) in [5.41, 5.74) is 0.753. The number of non-ortho nitro benzene ring substituents is 1. The lowest BCUT2D eigenvalue weighted by molar-refractivity contribution is -0.513. The van der Waals surface area contributed by atoms with Gasteiger partial charge in [-0.3, -0.25) is 40.1 Å². The van der Waals surface area contributed by atoms with E-state index in [0.29, 0.717) is 21.3 Å². The lowest BCUT2D eigenvalue weighted by Crippen LogP contribution is -2.33. The molecule has 2 heterocycles. The van der Waals surface area contributed by atoms with Crippen LogP contribution in [0.5, 0.6) is 0 Å². The first-order valence-corrected chi connectivity index (χ1v) is 9.40. The maximum Gasteiger partial charge on any atom is 0.322 e. The fourth-order valence-corrected chi connectivity index (χ4v) is 3.70. The highest BCUT2D eigenvalue weighted by Gasteiger charge is 2.39. The molecule has 1 atom stereocenters. The number of hydrogen-bond acceptors (Lipinski definition) is 10. The Hall–Kier alpha value is -4.39. The van der Waals surface area contributed by atoms with Crippen LogP contribution in [0.4, 0.5) is 10.8 Å². The molecule has 31 heavy (non-hydrogen) atoms. The summed E-state index contributed by atoms with van der Waals surface area (Å²) in [6, 6.07) is 8.47. The Bertz CT molecular complexity index is 1390. The fourth-order valence-electron chi connectivity index (χ4n) is 2.80. The molecule has 0 saturated heterocycles. The third-order valence-electron chi connectivity index (χ3n) is 4.23. The highest BCUT2D eigenvalue weighted by atomic mass is 32.1. The van der Waals surface area contributed by atoms with Gasteiger partial charge in [-0.05, 0) is 18.2 Å². The second kappa shape index (κ2) is 7.79. The van der Waals surface area contributed by atoms with Crippen molar-refractivity contribution in [2.24, 2.45) is 0 Å². The van der Waals surface area contributed by atoms with E-state index in [2.05, 4.69) is 20.3 Å². The van der Waals surface area contributed by atoms with Crippen LogP contribution in [0.15, 0.2) is 48.7 Å². The van der Waals surface area contributed by atoms with Gasteiger partial charge in [-0.25, -0.2) is 9.97 Å². The third kappa shape index (κ3) is 3.89. The predicted octanol–water partition coefficient (Wildman–Crippen LogP) is 2.67. The molecular formula is C18H10N6O6S. The Balaban J connectivity index is 1.60. The maximum atomic E-state index is 12.6. The molecule has 1 amide bonds. The van der Waals surface area contributed by atoms with Crippen LogP contribution in [-0.4, -0.2) is 36.5 Å². The smallest absolute Gasteiger partial charge is 0.295 e. The number of para-hydroxylation sites is 2. The van der Waals surface area contributed by atoms with E-state index in [9.17, 15) is 29.8 Å². The molecule has 4 aromatic rings. The van der Waals surface area contributed by atoms with Gasteiger partial charge in [-0.15, -0.1) is 0 Å². The molecule has 2 aromatic carbocycles. The van der Waals surface area contributed by atoms with Crippen LogP contribution in [0.2, 0.25) is 0 Å². The van der Waals surface area contributed by atoms with Gasteiger partial charge in [0.25, 0.3) is 11.5 Å². The van der Waals surface area contributed by atoms with Crippen molar-refractivity contribution in [1.29, 1.82) is 0 Å². The average molecular weight is 438 g/mol. The molecule has 1 N–H and O–H groups in total. The lowest BCUT2D eigenvalue weighted by Gasteiger charge is -2.08. The number of nitro groups is 2. The molecule has 154 valence electrons. The number of carbonyl (C=O) groups excluding carboxylic acids is 2. The first-order chi connectivity index (χ1) is 14.8. The summed E-state index contributed by atoms with van der Waals surface area (Å²) >= 11 is 0.895. The largest absolute Gasteiger partial charge is 0.322 e. The van der Waals surface area contributed by atoms with E-state index in [4.69, 9.17) is 0 Å². The molecule has 13 heteroatoms. The Labute approximate surface area is 175 Å². The minimum Gasteiger partial charge on any atom is -0.295 e. The number of Topliss-reactive ketones (excluding diaryl/α,β-unsaturated/α-hetero) is 1. The summed E-state index contributed by atoms with van der Waals surface area (Å²) in [5.74, 6) is -2.61. The number of thiazole rings is 1. The quantitative estimate of drug-likeness (QED) is 0.270. The van der Waals surface area contributed by atoms with Crippen LogP contribution in [0, 0.1) is 20.2 Å². The molecule has 0 aliphatic rings. The number of rotatable bonds is 6. The average Bonchev–Trinajstić information content (AvgIpc) is 3.14. The first-order valence-electron chi connectivity index (χ1n) is 8.59. The standard InChI is InChI=1S/C18H10N6O6S/c25-16(15(24(29)30)13-8-19-10-3-1-2-4-11(10)20-13)17(26)22-18-21-12-6-5-9(23(27)28)7-14(12)31-18/h1-8,15H,(H,21,22,26)/t15-/m1/s1. The van der Waals surface area contributed by atoms with E-state index < -0.39 is 27.6 Å². The van der Waals surface area contributed by atoms with Gasteiger partial charge < -0.3 is 0 Å². The van der Waals surface area contributed by atoms with Gasteiger partial charge >= 0.3 is 11.9 Å². The topological polar surface area (TPSA) is 171 Å². The van der Waals surface area contributed by atoms with Gasteiger partial charge in [0.15, 0.2) is 5.13 Å². The molecule has 0 unspecified atom stereocenters. The van der Waals surface area contributed by atoms with Gasteiger partial charge in [0.1, 0.15) is 5.69 Å². The highest BCUT2D eigenvalue weighted by molar-refractivity contribution is 7.22. The van der Waals surface area contributed by atoms with Crippen LogP contribution in [-0.2, 0) is 9.59 Å². The van der Waals surface area contributed by atoms with Crippen molar-refractivity contribution in [3.05, 3.63) is 74.6 Å². The summed E-state index contributed by atoms with van der Waals surface area (Å²) in [6.07, 6.45) is 1.08.